The van der Waals surface area contributed by atoms with Crippen LogP contribution in [0.5, 0.6) is 0 Å². The van der Waals surface area contributed by atoms with Crippen molar-refractivity contribution in [3.8, 4) is 0 Å². The van der Waals surface area contributed by atoms with Gasteiger partial charge in [0.25, 0.3) is 0 Å². The first-order chi connectivity index (χ1) is 13.9. The fraction of sp³-hybridized carbons (Fsp3) is 0.462. The highest BCUT2D eigenvalue weighted by atomic mass is 14.9. The Morgan fingerprint density at radius 1 is 0.893 bits per heavy atom. The van der Waals surface area contributed by atoms with E-state index in [1.165, 1.54) is 73.5 Å². The Labute approximate surface area is 168 Å². The molecular formula is C26H32N2. The highest BCUT2D eigenvalue weighted by Crippen LogP contribution is 2.38. The summed E-state index contributed by atoms with van der Waals surface area (Å²) in [6.07, 6.45) is 11.8. The van der Waals surface area contributed by atoms with E-state index in [0.29, 0.717) is 6.04 Å². The van der Waals surface area contributed by atoms with Gasteiger partial charge in [0.05, 0.1) is 0 Å². The molecule has 1 atom stereocenters. The lowest BCUT2D eigenvalue weighted by Crippen LogP contribution is -2.27. The maximum Gasteiger partial charge on any atom is 0.0476 e. The number of hydrogen-bond acceptors (Lipinski definition) is 1. The summed E-state index contributed by atoms with van der Waals surface area (Å²) in [4.78, 5) is 3.78. The summed E-state index contributed by atoms with van der Waals surface area (Å²) in [5.74, 6) is 0.784. The molecule has 2 aliphatic carbocycles. The van der Waals surface area contributed by atoms with Crippen molar-refractivity contribution >= 4 is 10.9 Å². The molecule has 28 heavy (non-hydrogen) atoms. The maximum atomic E-state index is 3.83. The maximum absolute atomic E-state index is 3.83. The Balaban J connectivity index is 1.35. The Bertz CT molecular complexity index is 918. The second kappa shape index (κ2) is 8.13. The molecule has 1 saturated carbocycles. The number of hydrogen-bond donors (Lipinski definition) is 2. The van der Waals surface area contributed by atoms with Crippen LogP contribution < -0.4 is 5.32 Å². The quantitative estimate of drug-likeness (QED) is 0.531. The fourth-order valence-electron chi connectivity index (χ4n) is 5.41. The molecule has 5 rings (SSSR count). The van der Waals surface area contributed by atoms with Gasteiger partial charge in [0.1, 0.15) is 0 Å². The molecule has 3 aromatic rings. The molecule has 146 valence electrons. The Morgan fingerprint density at radius 3 is 2.61 bits per heavy atom. The van der Waals surface area contributed by atoms with E-state index in [4.69, 9.17) is 0 Å². The minimum atomic E-state index is 0.470. The summed E-state index contributed by atoms with van der Waals surface area (Å²) in [5.41, 5.74) is 7.36. The topological polar surface area (TPSA) is 27.8 Å². The Kier molecular flexibility index (Phi) is 5.22. The summed E-state index contributed by atoms with van der Waals surface area (Å²) in [6.45, 7) is 1.04. The van der Waals surface area contributed by atoms with E-state index in [1.54, 1.807) is 11.1 Å². The van der Waals surface area contributed by atoms with Crippen LogP contribution in [0.25, 0.3) is 10.9 Å². The van der Waals surface area contributed by atoms with Gasteiger partial charge in [-0.05, 0) is 79.8 Å². The van der Waals surface area contributed by atoms with Gasteiger partial charge in [-0.25, -0.2) is 0 Å². The fourth-order valence-corrected chi connectivity index (χ4v) is 5.41. The van der Waals surface area contributed by atoms with Gasteiger partial charge in [0.2, 0.25) is 0 Å². The van der Waals surface area contributed by atoms with E-state index in [-0.39, 0.29) is 0 Å². The molecule has 2 aliphatic rings. The molecule has 0 radical (unpaired) electrons. The molecule has 2 N–H and O–H groups in total. The third-order valence-electron chi connectivity index (χ3n) is 6.96. The van der Waals surface area contributed by atoms with Crippen LogP contribution in [-0.2, 0) is 12.8 Å². The number of aryl methyl sites for hydroxylation is 1. The molecule has 0 bridgehead atoms. The largest absolute Gasteiger partial charge is 0.357 e. The summed E-state index contributed by atoms with van der Waals surface area (Å²) in [7, 11) is 0. The van der Waals surface area contributed by atoms with Gasteiger partial charge in [-0.3, -0.25) is 0 Å². The molecule has 1 aromatic heterocycles. The zero-order valence-corrected chi connectivity index (χ0v) is 16.8. The van der Waals surface area contributed by atoms with E-state index in [1.807, 2.05) is 0 Å². The van der Waals surface area contributed by atoms with Crippen molar-refractivity contribution in [3.63, 3.8) is 0 Å². The van der Waals surface area contributed by atoms with Crippen molar-refractivity contribution < 1.29 is 0 Å². The van der Waals surface area contributed by atoms with E-state index < -0.39 is 0 Å². The third-order valence-corrected chi connectivity index (χ3v) is 6.96. The summed E-state index contributed by atoms with van der Waals surface area (Å²) < 4.78 is 0. The molecule has 0 saturated heterocycles. The summed E-state index contributed by atoms with van der Waals surface area (Å²) in [6, 6.07) is 18.5. The number of H-pyrrole nitrogens is 1. The van der Waals surface area contributed by atoms with E-state index in [2.05, 4.69) is 58.8 Å². The first-order valence-electron chi connectivity index (χ1n) is 11.3. The first-order valence-corrected chi connectivity index (χ1v) is 11.3. The third kappa shape index (κ3) is 3.63. The molecule has 0 aliphatic heterocycles. The standard InChI is InChI=1S/C26H32N2/c1-3-8-19(9-4-1)16-17-27-25-13-7-12-22-23-18-21(20-10-5-2-6-11-20)14-15-24(23)28-26(22)25/h1,3-4,8-9,14-15,18,20,25,27-28H,2,5-7,10-13,16-17H2/t25-/m1/s1. The normalized spacial score (nSPS) is 20.4. The zero-order chi connectivity index (χ0) is 18.8. The van der Waals surface area contributed by atoms with Crippen LogP contribution in [0.3, 0.4) is 0 Å². The molecule has 1 heterocycles. The number of fused-ring (bicyclic) bond motifs is 3. The second-order valence-electron chi connectivity index (χ2n) is 8.79. The zero-order valence-electron chi connectivity index (χ0n) is 16.8. The van der Waals surface area contributed by atoms with Crippen molar-refractivity contribution in [3.05, 3.63) is 70.9 Å². The molecule has 2 aromatic carbocycles. The molecule has 2 nitrogen and oxygen atoms in total. The average molecular weight is 373 g/mol. The monoisotopic (exact) mass is 372 g/mol. The van der Waals surface area contributed by atoms with Crippen molar-refractivity contribution in [1.29, 1.82) is 0 Å². The van der Waals surface area contributed by atoms with Gasteiger partial charge >= 0.3 is 0 Å². The predicted octanol–water partition coefficient (Wildman–Crippen LogP) is 6.43. The van der Waals surface area contributed by atoms with Crippen molar-refractivity contribution in [2.45, 2.75) is 69.7 Å². The molecule has 0 spiro atoms. The van der Waals surface area contributed by atoms with Gasteiger partial charge in [-0.15, -0.1) is 0 Å². The lowest BCUT2D eigenvalue weighted by molar-refractivity contribution is 0.444. The van der Waals surface area contributed by atoms with Gasteiger partial charge in [0, 0.05) is 22.6 Å². The average Bonchev–Trinajstić information content (AvgIpc) is 3.14. The number of aromatic nitrogens is 1. The van der Waals surface area contributed by atoms with Gasteiger partial charge < -0.3 is 10.3 Å². The van der Waals surface area contributed by atoms with E-state index in [0.717, 1.165) is 18.9 Å². The highest BCUT2D eigenvalue weighted by molar-refractivity contribution is 5.86. The Morgan fingerprint density at radius 2 is 1.75 bits per heavy atom. The SMILES string of the molecule is c1ccc(CCN[C@@H]2CCCc3c2[nH]c2ccc(C4CCCCC4)cc32)cc1. The number of benzene rings is 2. The van der Waals surface area contributed by atoms with Gasteiger partial charge in [0.15, 0.2) is 0 Å². The van der Waals surface area contributed by atoms with Crippen molar-refractivity contribution in [1.82, 2.24) is 10.3 Å². The number of rotatable bonds is 5. The van der Waals surface area contributed by atoms with Crippen LogP contribution in [-0.4, -0.2) is 11.5 Å². The minimum absolute atomic E-state index is 0.470. The molecule has 2 heteroatoms. The molecule has 0 amide bonds. The lowest BCUT2D eigenvalue weighted by Gasteiger charge is -2.24. The summed E-state index contributed by atoms with van der Waals surface area (Å²) in [5, 5.41) is 5.33. The van der Waals surface area contributed by atoms with Crippen LogP contribution >= 0.6 is 0 Å². The molecular weight excluding hydrogens is 340 g/mol. The number of aromatic amines is 1. The highest BCUT2D eigenvalue weighted by Gasteiger charge is 2.24. The molecule has 1 fully saturated rings. The minimum Gasteiger partial charge on any atom is -0.357 e. The van der Waals surface area contributed by atoms with Crippen LogP contribution in [0.15, 0.2) is 48.5 Å². The van der Waals surface area contributed by atoms with Crippen LogP contribution in [0, 0.1) is 0 Å². The smallest absolute Gasteiger partial charge is 0.0476 e. The van der Waals surface area contributed by atoms with Crippen LogP contribution in [0.1, 0.15) is 79.3 Å². The summed E-state index contributed by atoms with van der Waals surface area (Å²) >= 11 is 0. The van der Waals surface area contributed by atoms with Crippen molar-refractivity contribution in [2.75, 3.05) is 6.54 Å². The van der Waals surface area contributed by atoms with E-state index >= 15 is 0 Å². The van der Waals surface area contributed by atoms with Gasteiger partial charge in [-0.2, -0.15) is 0 Å². The van der Waals surface area contributed by atoms with Crippen LogP contribution in [0.4, 0.5) is 0 Å². The first kappa shape index (κ1) is 18.0. The van der Waals surface area contributed by atoms with E-state index in [9.17, 15) is 0 Å². The number of nitrogens with one attached hydrogen (secondary N) is 2. The molecule has 0 unspecified atom stereocenters. The predicted molar refractivity (Wildman–Crippen MR) is 118 cm³/mol. The Hall–Kier alpha value is -2.06. The lowest BCUT2D eigenvalue weighted by atomic mass is 9.83. The van der Waals surface area contributed by atoms with Gasteiger partial charge in [-0.1, -0.05) is 55.7 Å². The second-order valence-corrected chi connectivity index (χ2v) is 8.79. The van der Waals surface area contributed by atoms with Crippen molar-refractivity contribution in [2.24, 2.45) is 0 Å². The van der Waals surface area contributed by atoms with Crippen LogP contribution in [0.2, 0.25) is 0 Å².